The van der Waals surface area contributed by atoms with E-state index in [0.717, 1.165) is 27.2 Å². The second-order valence-corrected chi connectivity index (χ2v) is 8.02. The molecule has 2 aliphatic carbocycles. The van der Waals surface area contributed by atoms with Gasteiger partial charge in [-0.2, -0.15) is 13.2 Å². The van der Waals surface area contributed by atoms with Crippen LogP contribution >= 0.6 is 0 Å². The first-order valence-corrected chi connectivity index (χ1v) is 9.72. The van der Waals surface area contributed by atoms with Crippen LogP contribution in [0.5, 0.6) is 0 Å². The Balaban J connectivity index is 1.36. The van der Waals surface area contributed by atoms with E-state index < -0.39 is 42.2 Å². The number of hydrogen-bond donors (Lipinski definition) is 1. The molecule has 0 unspecified atom stereocenters. The molecule has 5 nitrogen and oxygen atoms in total. The fraction of sp³-hybridized carbons (Fsp3) is 0.364. The number of likely N-dealkylation sites (tertiary alicyclic amines) is 1. The largest absolute Gasteiger partial charge is 0.480 e. The zero-order valence-electron chi connectivity index (χ0n) is 15.7. The number of piperidine rings is 1. The van der Waals surface area contributed by atoms with Crippen LogP contribution in [0.15, 0.2) is 48.5 Å². The molecular weight excluding hydrogens is 399 g/mol. The van der Waals surface area contributed by atoms with E-state index in [2.05, 4.69) is 0 Å². The molecule has 0 aromatic heterocycles. The summed E-state index contributed by atoms with van der Waals surface area (Å²) in [5.41, 5.74) is 4.00. The Morgan fingerprint density at radius 1 is 1.03 bits per heavy atom. The van der Waals surface area contributed by atoms with Gasteiger partial charge in [-0.1, -0.05) is 48.5 Å². The Bertz CT molecular complexity index is 992. The highest BCUT2D eigenvalue weighted by atomic mass is 19.4. The third kappa shape index (κ3) is 2.77. The van der Waals surface area contributed by atoms with Gasteiger partial charge in [-0.25, -0.2) is 9.59 Å². The van der Waals surface area contributed by atoms with Gasteiger partial charge in [0.15, 0.2) is 0 Å². The number of halogens is 3. The number of rotatable bonds is 3. The molecule has 156 valence electrons. The van der Waals surface area contributed by atoms with Crippen LogP contribution in [0.2, 0.25) is 0 Å². The lowest BCUT2D eigenvalue weighted by Gasteiger charge is -2.27. The van der Waals surface area contributed by atoms with Crippen molar-refractivity contribution in [2.24, 2.45) is 11.8 Å². The molecule has 30 heavy (non-hydrogen) atoms. The number of benzene rings is 2. The summed E-state index contributed by atoms with van der Waals surface area (Å²) < 4.78 is 44.9. The van der Waals surface area contributed by atoms with Crippen molar-refractivity contribution in [3.8, 4) is 11.1 Å². The smallest absolute Gasteiger partial charge is 0.410 e. The van der Waals surface area contributed by atoms with Crippen LogP contribution in [0.25, 0.3) is 11.1 Å². The van der Waals surface area contributed by atoms with Crippen molar-refractivity contribution >= 4 is 12.1 Å². The molecule has 1 saturated carbocycles. The second kappa shape index (κ2) is 6.48. The molecule has 0 radical (unpaired) electrons. The minimum Gasteiger partial charge on any atom is -0.480 e. The highest BCUT2D eigenvalue weighted by molar-refractivity contribution is 5.82. The number of aliphatic carboxylic acids is 1. The monoisotopic (exact) mass is 417 g/mol. The average Bonchev–Trinajstić information content (AvgIpc) is 3.16. The number of nitrogens with zero attached hydrogens (tertiary/aromatic N) is 1. The molecule has 5 rings (SSSR count). The van der Waals surface area contributed by atoms with Gasteiger partial charge in [-0.15, -0.1) is 0 Å². The second-order valence-electron chi connectivity index (χ2n) is 8.02. The molecule has 2 fully saturated rings. The number of alkyl halides is 3. The SMILES string of the molecule is O=C(O)[C@H]1C[C@H]2[C@H]([C@@H]2C(F)(F)F)N1C(=O)OCC1c2ccccc2-c2ccccc21. The molecule has 1 heterocycles. The van der Waals surface area contributed by atoms with Gasteiger partial charge in [0.1, 0.15) is 12.6 Å². The summed E-state index contributed by atoms with van der Waals surface area (Å²) in [5.74, 6) is -4.10. The van der Waals surface area contributed by atoms with Crippen molar-refractivity contribution in [2.45, 2.75) is 30.6 Å². The number of ether oxygens (including phenoxy) is 1. The van der Waals surface area contributed by atoms with Crippen LogP contribution in [0.3, 0.4) is 0 Å². The van der Waals surface area contributed by atoms with E-state index in [0.29, 0.717) is 0 Å². The van der Waals surface area contributed by atoms with E-state index >= 15 is 0 Å². The number of carboxylic acids is 1. The third-order valence-electron chi connectivity index (χ3n) is 6.49. The van der Waals surface area contributed by atoms with Crippen LogP contribution in [-0.4, -0.2) is 46.9 Å². The van der Waals surface area contributed by atoms with E-state index in [1.165, 1.54) is 0 Å². The predicted octanol–water partition coefficient (Wildman–Crippen LogP) is 4.27. The third-order valence-corrected chi connectivity index (χ3v) is 6.49. The van der Waals surface area contributed by atoms with Crippen LogP contribution < -0.4 is 0 Å². The van der Waals surface area contributed by atoms with E-state index in [-0.39, 0.29) is 18.9 Å². The van der Waals surface area contributed by atoms with Gasteiger partial charge in [-0.3, -0.25) is 4.90 Å². The van der Waals surface area contributed by atoms with Crippen LogP contribution in [0.1, 0.15) is 23.5 Å². The fourth-order valence-corrected chi connectivity index (χ4v) is 5.17. The van der Waals surface area contributed by atoms with Crippen LogP contribution in [0.4, 0.5) is 18.0 Å². The normalized spacial score (nSPS) is 26.7. The lowest BCUT2D eigenvalue weighted by atomic mass is 9.98. The van der Waals surface area contributed by atoms with E-state index in [4.69, 9.17) is 4.74 Å². The fourth-order valence-electron chi connectivity index (χ4n) is 5.17. The number of carboxylic acid groups (broad SMARTS) is 1. The lowest BCUT2D eigenvalue weighted by Crippen LogP contribution is -2.46. The summed E-state index contributed by atoms with van der Waals surface area (Å²) in [6.45, 7) is -0.0657. The van der Waals surface area contributed by atoms with Gasteiger partial charge in [0, 0.05) is 5.92 Å². The molecule has 0 bridgehead atoms. The summed E-state index contributed by atoms with van der Waals surface area (Å²) in [6.07, 6.45) is -5.65. The first-order valence-electron chi connectivity index (χ1n) is 9.72. The Hall–Kier alpha value is -3.03. The summed E-state index contributed by atoms with van der Waals surface area (Å²) in [7, 11) is 0. The number of hydrogen-bond acceptors (Lipinski definition) is 3. The van der Waals surface area contributed by atoms with Crippen molar-refractivity contribution in [1.82, 2.24) is 4.90 Å². The first-order chi connectivity index (χ1) is 14.3. The maximum Gasteiger partial charge on any atom is 0.410 e. The number of amides is 1. The van der Waals surface area contributed by atoms with Gasteiger partial charge >= 0.3 is 18.2 Å². The van der Waals surface area contributed by atoms with E-state index in [9.17, 15) is 27.9 Å². The molecule has 8 heteroatoms. The molecular formula is C22H18F3NO4. The molecule has 1 aliphatic heterocycles. The average molecular weight is 417 g/mol. The maximum atomic E-state index is 13.2. The quantitative estimate of drug-likeness (QED) is 0.810. The number of fused-ring (bicyclic) bond motifs is 4. The molecule has 3 aliphatic rings. The maximum absolute atomic E-state index is 13.2. The summed E-state index contributed by atoms with van der Waals surface area (Å²) in [4.78, 5) is 25.0. The molecule has 1 amide bonds. The summed E-state index contributed by atoms with van der Waals surface area (Å²) >= 11 is 0. The van der Waals surface area contributed by atoms with E-state index in [1.54, 1.807) is 0 Å². The number of carbonyl (C=O) groups excluding carboxylic acids is 1. The molecule has 2 aromatic rings. The van der Waals surface area contributed by atoms with Gasteiger partial charge in [0.25, 0.3) is 0 Å². The van der Waals surface area contributed by atoms with Gasteiger partial charge in [0.2, 0.25) is 0 Å². The molecule has 2 aromatic carbocycles. The van der Waals surface area contributed by atoms with Gasteiger partial charge < -0.3 is 9.84 Å². The van der Waals surface area contributed by atoms with Crippen LogP contribution in [-0.2, 0) is 9.53 Å². The Morgan fingerprint density at radius 3 is 2.13 bits per heavy atom. The van der Waals surface area contributed by atoms with Crippen molar-refractivity contribution in [1.29, 1.82) is 0 Å². The lowest BCUT2D eigenvalue weighted by molar-refractivity contribution is -0.162. The Kier molecular flexibility index (Phi) is 4.10. The van der Waals surface area contributed by atoms with E-state index in [1.807, 2.05) is 48.5 Å². The molecule has 0 spiro atoms. The molecule has 4 atom stereocenters. The van der Waals surface area contributed by atoms with Crippen molar-refractivity contribution in [3.63, 3.8) is 0 Å². The zero-order valence-corrected chi connectivity index (χ0v) is 15.7. The van der Waals surface area contributed by atoms with Crippen molar-refractivity contribution in [3.05, 3.63) is 59.7 Å². The Morgan fingerprint density at radius 2 is 1.60 bits per heavy atom. The van der Waals surface area contributed by atoms with Gasteiger partial charge in [-0.05, 0) is 34.6 Å². The van der Waals surface area contributed by atoms with Crippen molar-refractivity contribution < 1.29 is 32.6 Å². The first kappa shape index (κ1) is 19.0. The number of carbonyl (C=O) groups is 2. The van der Waals surface area contributed by atoms with Crippen molar-refractivity contribution in [2.75, 3.05) is 6.61 Å². The standard InChI is InChI=1S/C22H18F3NO4/c23-22(24,25)18-15-9-17(20(27)28)26(19(15)18)21(29)30-10-16-13-7-3-1-5-11(13)12-6-2-4-8-14(12)16/h1-8,15-19H,9-10H2,(H,27,28)/t15-,17-,18-,19-/m1/s1. The summed E-state index contributed by atoms with van der Waals surface area (Å²) in [6, 6.07) is 13.0. The minimum atomic E-state index is -4.46. The summed E-state index contributed by atoms with van der Waals surface area (Å²) in [5, 5.41) is 9.37. The zero-order chi connectivity index (χ0) is 21.2. The van der Waals surface area contributed by atoms with Gasteiger partial charge in [0.05, 0.1) is 12.0 Å². The minimum absolute atomic E-state index is 0.0657. The highest BCUT2D eigenvalue weighted by Gasteiger charge is 2.73. The highest BCUT2D eigenvalue weighted by Crippen LogP contribution is 2.60. The predicted molar refractivity (Wildman–Crippen MR) is 99.8 cm³/mol. The Labute approximate surface area is 170 Å². The molecule has 1 N–H and O–H groups in total. The van der Waals surface area contributed by atoms with Crippen LogP contribution in [0, 0.1) is 11.8 Å². The topological polar surface area (TPSA) is 66.8 Å². The molecule has 1 saturated heterocycles.